The van der Waals surface area contributed by atoms with E-state index >= 15 is 0 Å². The predicted molar refractivity (Wildman–Crippen MR) is 189 cm³/mol. The van der Waals surface area contributed by atoms with Gasteiger partial charge in [0.1, 0.15) is 11.4 Å². The van der Waals surface area contributed by atoms with Crippen molar-refractivity contribution in [3.8, 4) is 16.9 Å². The lowest BCUT2D eigenvalue weighted by Crippen LogP contribution is -2.48. The topological polar surface area (TPSA) is 102 Å². The van der Waals surface area contributed by atoms with Gasteiger partial charge in [0.05, 0.1) is 52.7 Å². The lowest BCUT2D eigenvalue weighted by molar-refractivity contribution is 0.0540. The van der Waals surface area contributed by atoms with Crippen molar-refractivity contribution in [1.82, 2.24) is 24.2 Å². The summed E-state index contributed by atoms with van der Waals surface area (Å²) in [5, 5.41) is 16.3. The normalized spacial score (nSPS) is 16.1. The van der Waals surface area contributed by atoms with Gasteiger partial charge in [0, 0.05) is 40.5 Å². The van der Waals surface area contributed by atoms with Crippen molar-refractivity contribution in [2.75, 3.05) is 6.61 Å². The van der Waals surface area contributed by atoms with Crippen molar-refractivity contribution in [3.63, 3.8) is 0 Å². The lowest BCUT2D eigenvalue weighted by Gasteiger charge is -2.40. The van der Waals surface area contributed by atoms with Gasteiger partial charge in [0.2, 0.25) is 0 Å². The molecule has 250 valence electrons. The molecule has 9 nitrogen and oxygen atoms in total. The van der Waals surface area contributed by atoms with E-state index in [2.05, 4.69) is 16.5 Å². The fourth-order valence-corrected chi connectivity index (χ4v) is 7.33. The number of aryl methyl sites for hydroxylation is 5. The Bertz CT molecular complexity index is 2060. The van der Waals surface area contributed by atoms with Gasteiger partial charge in [-0.05, 0) is 101 Å². The van der Waals surface area contributed by atoms with Crippen molar-refractivity contribution in [2.24, 2.45) is 7.05 Å². The number of nitrogens with zero attached hydrogens (tertiary/aromatic N) is 5. The monoisotopic (exact) mass is 687 g/mol. The Morgan fingerprint density at radius 2 is 1.71 bits per heavy atom. The molecule has 0 spiro atoms. The average molecular weight is 689 g/mol. The van der Waals surface area contributed by atoms with Crippen LogP contribution in [-0.4, -0.2) is 53.9 Å². The standard InChI is InChI=1S/C37H39Cl2N5O4/c1-19-15-27(16-20(2)33(19)39)48-14-8-9-28-29-12-13-30(38)32(31-21(3)41-42(7)24(31)6)34(29)44-23(5)22(4)43(36(45)35(28)44)18-26-11-10-25(17-40-26)37(46)47/h10-13,15-17,22-23H,8-9,14,18H2,1-7H3,(H,46,47)/t22-,23?/m1/s1. The number of carbonyl (C=O) groups is 2. The maximum atomic E-state index is 14.7. The number of hydrogen-bond donors (Lipinski definition) is 1. The van der Waals surface area contributed by atoms with Crippen LogP contribution in [0.4, 0.5) is 0 Å². The number of fused-ring (bicyclic) bond motifs is 3. The summed E-state index contributed by atoms with van der Waals surface area (Å²) in [4.78, 5) is 32.3. The summed E-state index contributed by atoms with van der Waals surface area (Å²) in [5.74, 6) is -0.388. The van der Waals surface area contributed by atoms with Gasteiger partial charge in [-0.15, -0.1) is 0 Å². The first-order chi connectivity index (χ1) is 22.8. The Kier molecular flexibility index (Phi) is 9.04. The zero-order chi connectivity index (χ0) is 34.6. The van der Waals surface area contributed by atoms with Crippen LogP contribution in [0.15, 0.2) is 42.6 Å². The SMILES string of the molecule is Cc1cc(OCCCc2c3n(c4c(-c5c(C)nn(C)c5C)c(Cl)ccc24)C(C)[C@@H](C)N(Cc2ccc(C(=O)O)cn2)C3=O)cc(C)c1Cl. The highest BCUT2D eigenvalue weighted by molar-refractivity contribution is 6.35. The van der Waals surface area contributed by atoms with Gasteiger partial charge in [0.25, 0.3) is 5.91 Å². The molecule has 0 saturated heterocycles. The van der Waals surface area contributed by atoms with Crippen LogP contribution in [0.25, 0.3) is 22.0 Å². The third-order valence-corrected chi connectivity index (χ3v) is 10.6. The van der Waals surface area contributed by atoms with E-state index in [1.54, 1.807) is 6.07 Å². The van der Waals surface area contributed by atoms with Crippen molar-refractivity contribution in [3.05, 3.63) is 97.7 Å². The molecule has 1 amide bonds. The zero-order valence-corrected chi connectivity index (χ0v) is 29.7. The van der Waals surface area contributed by atoms with Gasteiger partial charge in [0.15, 0.2) is 0 Å². The third-order valence-electron chi connectivity index (χ3n) is 9.69. The third kappa shape index (κ3) is 5.73. The molecule has 1 aliphatic heterocycles. The Labute approximate surface area is 290 Å². The largest absolute Gasteiger partial charge is 0.494 e. The van der Waals surface area contributed by atoms with Gasteiger partial charge < -0.3 is 19.3 Å². The van der Waals surface area contributed by atoms with Gasteiger partial charge in [-0.2, -0.15) is 5.10 Å². The summed E-state index contributed by atoms with van der Waals surface area (Å²) in [6.07, 6.45) is 2.60. The molecule has 2 aromatic carbocycles. The molecule has 0 saturated carbocycles. The first-order valence-electron chi connectivity index (χ1n) is 16.0. The number of ether oxygens (including phenoxy) is 1. The molecule has 0 fully saturated rings. The molecular formula is C37H39Cl2N5O4. The summed E-state index contributed by atoms with van der Waals surface area (Å²) in [7, 11) is 1.92. The number of hydrogen-bond acceptors (Lipinski definition) is 5. The number of carbonyl (C=O) groups excluding carboxylic acids is 1. The van der Waals surface area contributed by atoms with E-state index in [4.69, 9.17) is 33.0 Å². The molecule has 2 atom stereocenters. The minimum absolute atomic E-state index is 0.101. The second-order valence-electron chi connectivity index (χ2n) is 12.8. The Morgan fingerprint density at radius 3 is 2.31 bits per heavy atom. The van der Waals surface area contributed by atoms with Crippen LogP contribution in [0.2, 0.25) is 10.0 Å². The number of benzene rings is 2. The molecule has 0 bridgehead atoms. The number of rotatable bonds is 9. The minimum atomic E-state index is -1.04. The predicted octanol–water partition coefficient (Wildman–Crippen LogP) is 8.29. The first-order valence-corrected chi connectivity index (χ1v) is 16.8. The molecule has 11 heteroatoms. The van der Waals surface area contributed by atoms with E-state index < -0.39 is 5.97 Å². The number of aromatic carboxylic acids is 1. The van der Waals surface area contributed by atoms with E-state index in [1.165, 1.54) is 12.3 Å². The highest BCUT2D eigenvalue weighted by Crippen LogP contribution is 2.45. The Balaban J connectivity index is 1.45. The van der Waals surface area contributed by atoms with Crippen LogP contribution in [0.3, 0.4) is 0 Å². The maximum absolute atomic E-state index is 14.7. The van der Waals surface area contributed by atoms with Crippen LogP contribution < -0.4 is 4.74 Å². The van der Waals surface area contributed by atoms with E-state index in [9.17, 15) is 14.7 Å². The molecule has 3 aromatic heterocycles. The van der Waals surface area contributed by atoms with Crippen LogP contribution >= 0.6 is 23.2 Å². The van der Waals surface area contributed by atoms with Crippen molar-refractivity contribution >= 4 is 46.0 Å². The molecule has 0 radical (unpaired) electrons. The summed E-state index contributed by atoms with van der Waals surface area (Å²) in [6, 6.07) is 10.7. The molecule has 1 aliphatic rings. The van der Waals surface area contributed by atoms with Crippen molar-refractivity contribution in [1.29, 1.82) is 0 Å². The van der Waals surface area contributed by atoms with Gasteiger partial charge in [-0.1, -0.05) is 29.3 Å². The number of carboxylic acids is 1. The second kappa shape index (κ2) is 12.9. The fourth-order valence-electron chi connectivity index (χ4n) is 6.97. The zero-order valence-electron chi connectivity index (χ0n) is 28.2. The van der Waals surface area contributed by atoms with Gasteiger partial charge in [-0.3, -0.25) is 14.5 Å². The number of halogens is 2. The van der Waals surface area contributed by atoms with Crippen LogP contribution in [0, 0.1) is 27.7 Å². The first kappa shape index (κ1) is 33.6. The molecule has 1 N–H and O–H groups in total. The Hall–Kier alpha value is -4.34. The smallest absolute Gasteiger partial charge is 0.337 e. The summed E-state index contributed by atoms with van der Waals surface area (Å²) < 4.78 is 10.2. The highest BCUT2D eigenvalue weighted by Gasteiger charge is 2.40. The Morgan fingerprint density at radius 1 is 1.00 bits per heavy atom. The second-order valence-corrected chi connectivity index (χ2v) is 13.6. The van der Waals surface area contributed by atoms with Crippen molar-refractivity contribution in [2.45, 2.75) is 73.0 Å². The summed E-state index contributed by atoms with van der Waals surface area (Å²) in [5.41, 5.74) is 8.83. The van der Waals surface area contributed by atoms with Gasteiger partial charge in [-0.25, -0.2) is 4.79 Å². The molecular weight excluding hydrogens is 649 g/mol. The highest BCUT2D eigenvalue weighted by atomic mass is 35.5. The van der Waals surface area contributed by atoms with Crippen LogP contribution in [-0.2, 0) is 20.0 Å². The van der Waals surface area contributed by atoms with E-state index in [0.717, 1.165) is 60.9 Å². The molecule has 5 aromatic rings. The number of carboxylic acid groups (broad SMARTS) is 1. The van der Waals surface area contributed by atoms with Crippen molar-refractivity contribution < 1.29 is 19.4 Å². The summed E-state index contributed by atoms with van der Waals surface area (Å²) in [6.45, 7) is 12.8. The minimum Gasteiger partial charge on any atom is -0.494 e. The van der Waals surface area contributed by atoms with Gasteiger partial charge >= 0.3 is 5.97 Å². The molecule has 6 rings (SSSR count). The van der Waals surface area contributed by atoms with Crippen LogP contribution in [0.5, 0.6) is 5.75 Å². The molecule has 1 unspecified atom stereocenters. The quantitative estimate of drug-likeness (QED) is 0.156. The van der Waals surface area contributed by atoms with E-state index in [1.807, 2.05) is 75.5 Å². The number of aromatic nitrogens is 4. The lowest BCUT2D eigenvalue weighted by atomic mass is 9.98. The summed E-state index contributed by atoms with van der Waals surface area (Å²) >= 11 is 13.4. The molecule has 4 heterocycles. The molecule has 0 aliphatic carbocycles. The molecule has 48 heavy (non-hydrogen) atoms. The number of amides is 1. The number of pyridine rings is 1. The maximum Gasteiger partial charge on any atom is 0.337 e. The average Bonchev–Trinajstić information content (AvgIpc) is 3.51. The fraction of sp³-hybridized carbons (Fsp3) is 0.351. The van der Waals surface area contributed by atoms with E-state index in [-0.39, 0.29) is 30.1 Å². The van der Waals surface area contributed by atoms with Crippen LogP contribution in [0.1, 0.15) is 80.9 Å². The van der Waals surface area contributed by atoms with E-state index in [0.29, 0.717) is 35.9 Å².